The second kappa shape index (κ2) is 9.13. The molecule has 0 aromatic heterocycles. The van der Waals surface area contributed by atoms with Crippen molar-refractivity contribution in [3.05, 3.63) is 41.0 Å². The lowest BCUT2D eigenvalue weighted by molar-refractivity contribution is -0.386. The molecule has 1 fully saturated rings. The van der Waals surface area contributed by atoms with Crippen molar-refractivity contribution in [2.24, 2.45) is 0 Å². The number of piperazine rings is 1. The molecule has 154 valence electrons. The Morgan fingerprint density at radius 3 is 2.57 bits per heavy atom. The first-order chi connectivity index (χ1) is 13.2. The van der Waals surface area contributed by atoms with Crippen LogP contribution in [0.4, 0.5) is 5.69 Å². The Morgan fingerprint density at radius 2 is 2.04 bits per heavy atom. The number of methoxy groups -OCH3 is 1. The fourth-order valence-corrected chi connectivity index (χ4v) is 4.38. The summed E-state index contributed by atoms with van der Waals surface area (Å²) in [6.45, 7) is 6.79. The van der Waals surface area contributed by atoms with Gasteiger partial charge in [-0.1, -0.05) is 6.08 Å². The van der Waals surface area contributed by atoms with Crippen LogP contribution in [0.1, 0.15) is 6.92 Å². The summed E-state index contributed by atoms with van der Waals surface area (Å²) in [7, 11) is -2.61. The smallest absolute Gasteiger partial charge is 0.312 e. The molecule has 1 aromatic rings. The number of nitrogens with one attached hydrogen (secondary N) is 1. The van der Waals surface area contributed by atoms with Crippen molar-refractivity contribution >= 4 is 21.6 Å². The Kier molecular flexibility index (Phi) is 7.11. The molecule has 1 N–H and O–H groups in total. The number of nitrogens with zero attached hydrogens (tertiary/aromatic N) is 3. The molecule has 1 amide bonds. The molecule has 0 spiro atoms. The van der Waals surface area contributed by atoms with Crippen molar-refractivity contribution in [2.75, 3.05) is 39.8 Å². The molecule has 0 radical (unpaired) electrons. The predicted molar refractivity (Wildman–Crippen MR) is 103 cm³/mol. The van der Waals surface area contributed by atoms with E-state index in [2.05, 4.69) is 11.9 Å². The molecule has 28 heavy (non-hydrogen) atoms. The second-order valence-electron chi connectivity index (χ2n) is 6.24. The minimum absolute atomic E-state index is 0.00636. The number of ether oxygens (including phenoxy) is 1. The number of sulfonamides is 1. The Labute approximate surface area is 164 Å². The standard InChI is InChI=1S/C17H24N4O6S/c1-4-7-18-17(22)13(2)19-8-10-20(11-9-19)28(25,26)14-5-6-16(27-3)15(12-14)21(23)24/h4-6,12-13H,1,7-11H2,2-3H3,(H,18,22). The van der Waals surface area contributed by atoms with Gasteiger partial charge in [0.05, 0.1) is 23.0 Å². The number of carbonyl (C=O) groups excluding carboxylic acids is 1. The number of carbonyl (C=O) groups is 1. The van der Waals surface area contributed by atoms with Crippen molar-refractivity contribution in [2.45, 2.75) is 17.9 Å². The molecule has 10 nitrogen and oxygen atoms in total. The van der Waals surface area contributed by atoms with Gasteiger partial charge < -0.3 is 10.1 Å². The molecule has 0 saturated carbocycles. The molecule has 1 atom stereocenters. The molecule has 1 saturated heterocycles. The molecule has 1 aliphatic heterocycles. The van der Waals surface area contributed by atoms with Crippen LogP contribution in [-0.2, 0) is 14.8 Å². The fourth-order valence-electron chi connectivity index (χ4n) is 2.94. The second-order valence-corrected chi connectivity index (χ2v) is 8.18. The number of benzene rings is 1. The van der Waals surface area contributed by atoms with Crippen molar-refractivity contribution in [3.8, 4) is 5.75 Å². The maximum Gasteiger partial charge on any atom is 0.312 e. The van der Waals surface area contributed by atoms with E-state index in [0.717, 1.165) is 6.07 Å². The summed E-state index contributed by atoms with van der Waals surface area (Å²) in [6.07, 6.45) is 1.59. The molecule has 2 rings (SSSR count). The summed E-state index contributed by atoms with van der Waals surface area (Å²) in [5.41, 5.74) is -0.408. The highest BCUT2D eigenvalue weighted by Gasteiger charge is 2.33. The summed E-state index contributed by atoms with van der Waals surface area (Å²) >= 11 is 0. The van der Waals surface area contributed by atoms with Gasteiger partial charge in [0, 0.05) is 38.8 Å². The maximum atomic E-state index is 12.9. The third-order valence-electron chi connectivity index (χ3n) is 4.61. The molecule has 1 heterocycles. The predicted octanol–water partition coefficient (Wildman–Crippen LogP) is 0.600. The lowest BCUT2D eigenvalue weighted by Gasteiger charge is -2.36. The molecule has 11 heteroatoms. The highest BCUT2D eigenvalue weighted by Crippen LogP contribution is 2.30. The zero-order valence-electron chi connectivity index (χ0n) is 15.8. The third-order valence-corrected chi connectivity index (χ3v) is 6.50. The largest absolute Gasteiger partial charge is 0.490 e. The Bertz CT molecular complexity index is 849. The van der Waals surface area contributed by atoms with Crippen LogP contribution in [0.5, 0.6) is 5.75 Å². The fraction of sp³-hybridized carbons (Fsp3) is 0.471. The molecular weight excluding hydrogens is 388 g/mol. The number of nitro benzene ring substituents is 1. The number of nitro groups is 1. The van der Waals surface area contributed by atoms with E-state index >= 15 is 0 Å². The first kappa shape index (κ1) is 21.8. The van der Waals surface area contributed by atoms with Gasteiger partial charge in [-0.25, -0.2) is 8.42 Å². The summed E-state index contributed by atoms with van der Waals surface area (Å²) in [4.78, 5) is 24.3. The van der Waals surface area contributed by atoms with Gasteiger partial charge in [-0.2, -0.15) is 4.31 Å². The summed E-state index contributed by atoms with van der Waals surface area (Å²) < 4.78 is 31.9. The highest BCUT2D eigenvalue weighted by atomic mass is 32.2. The van der Waals surface area contributed by atoms with Crippen LogP contribution in [0.2, 0.25) is 0 Å². The van der Waals surface area contributed by atoms with Crippen LogP contribution in [0.3, 0.4) is 0 Å². The zero-order valence-corrected chi connectivity index (χ0v) is 16.6. The van der Waals surface area contributed by atoms with Gasteiger partial charge in [0.1, 0.15) is 0 Å². The van der Waals surface area contributed by atoms with Crippen molar-refractivity contribution < 1.29 is 22.9 Å². The molecule has 0 bridgehead atoms. The van der Waals surface area contributed by atoms with Crippen LogP contribution in [0.15, 0.2) is 35.7 Å². The van der Waals surface area contributed by atoms with E-state index in [1.54, 1.807) is 13.0 Å². The van der Waals surface area contributed by atoms with Crippen molar-refractivity contribution in [1.29, 1.82) is 0 Å². The average Bonchev–Trinajstić information content (AvgIpc) is 2.70. The van der Waals surface area contributed by atoms with E-state index in [9.17, 15) is 23.3 Å². The van der Waals surface area contributed by atoms with Gasteiger partial charge in [0.2, 0.25) is 15.9 Å². The van der Waals surface area contributed by atoms with Crippen molar-refractivity contribution in [3.63, 3.8) is 0 Å². The number of hydrogen-bond acceptors (Lipinski definition) is 7. The molecular formula is C17H24N4O6S. The van der Waals surface area contributed by atoms with Gasteiger partial charge in [0.25, 0.3) is 0 Å². The summed E-state index contributed by atoms with van der Waals surface area (Å²) in [5, 5.41) is 13.9. The monoisotopic (exact) mass is 412 g/mol. The Morgan fingerprint density at radius 1 is 1.39 bits per heavy atom. The Balaban J connectivity index is 2.11. The average molecular weight is 412 g/mol. The molecule has 1 unspecified atom stereocenters. The van der Waals surface area contributed by atoms with Gasteiger partial charge in [-0.3, -0.25) is 19.8 Å². The van der Waals surface area contributed by atoms with Crippen LogP contribution >= 0.6 is 0 Å². The molecule has 1 aliphatic rings. The van der Waals surface area contributed by atoms with Gasteiger partial charge in [0.15, 0.2) is 5.75 Å². The lowest BCUT2D eigenvalue weighted by Crippen LogP contribution is -2.54. The topological polar surface area (TPSA) is 122 Å². The van der Waals surface area contributed by atoms with E-state index < -0.39 is 26.7 Å². The van der Waals surface area contributed by atoms with Crippen LogP contribution in [0.25, 0.3) is 0 Å². The minimum atomic E-state index is -3.89. The van der Waals surface area contributed by atoms with Crippen LogP contribution in [-0.4, -0.2) is 74.3 Å². The molecule has 0 aliphatic carbocycles. The SMILES string of the molecule is C=CCNC(=O)C(C)N1CCN(S(=O)(=O)c2ccc(OC)c([N+](=O)[O-])c2)CC1. The van der Waals surface area contributed by atoms with Crippen molar-refractivity contribution in [1.82, 2.24) is 14.5 Å². The Hall–Kier alpha value is -2.50. The normalized spacial score (nSPS) is 16.9. The molecule has 1 aromatic carbocycles. The van der Waals surface area contributed by atoms with Gasteiger partial charge >= 0.3 is 5.69 Å². The van der Waals surface area contributed by atoms with E-state index in [1.165, 1.54) is 23.5 Å². The van der Waals surface area contributed by atoms with Gasteiger partial charge in [-0.05, 0) is 19.1 Å². The highest BCUT2D eigenvalue weighted by molar-refractivity contribution is 7.89. The van der Waals surface area contributed by atoms with Crippen LogP contribution < -0.4 is 10.1 Å². The van der Waals surface area contributed by atoms with E-state index in [1.807, 2.05) is 4.90 Å². The van der Waals surface area contributed by atoms with Crippen LogP contribution in [0, 0.1) is 10.1 Å². The summed E-state index contributed by atoms with van der Waals surface area (Å²) in [5.74, 6) is -0.157. The van der Waals surface area contributed by atoms with E-state index in [0.29, 0.717) is 19.6 Å². The van der Waals surface area contributed by atoms with E-state index in [-0.39, 0.29) is 29.6 Å². The number of hydrogen-bond donors (Lipinski definition) is 1. The quantitative estimate of drug-likeness (QED) is 0.377. The number of rotatable bonds is 8. The third kappa shape index (κ3) is 4.66. The van der Waals surface area contributed by atoms with E-state index in [4.69, 9.17) is 4.74 Å². The van der Waals surface area contributed by atoms with Gasteiger partial charge in [-0.15, -0.1) is 6.58 Å². The summed E-state index contributed by atoms with van der Waals surface area (Å²) in [6, 6.07) is 3.17. The lowest BCUT2D eigenvalue weighted by atomic mass is 10.2. The number of amides is 1. The zero-order chi connectivity index (χ0) is 20.9. The first-order valence-electron chi connectivity index (χ1n) is 8.67. The maximum absolute atomic E-state index is 12.9. The first-order valence-corrected chi connectivity index (χ1v) is 10.1. The minimum Gasteiger partial charge on any atom is -0.490 e.